The Bertz CT molecular complexity index is 1360. The summed E-state index contributed by atoms with van der Waals surface area (Å²) < 4.78 is 16.3. The van der Waals surface area contributed by atoms with Gasteiger partial charge in [0.15, 0.2) is 11.6 Å². The smallest absolute Gasteiger partial charge is 0.229 e. The molecule has 0 unspecified atom stereocenters. The molecule has 0 spiro atoms. The average molecular weight is 428 g/mol. The maximum Gasteiger partial charge on any atom is 0.229 e. The van der Waals surface area contributed by atoms with Crippen LogP contribution >= 0.6 is 0 Å². The minimum atomic E-state index is -0.537. The quantitative estimate of drug-likeness (QED) is 0.359. The molecule has 9 heteroatoms. The molecule has 32 heavy (non-hydrogen) atoms. The lowest BCUT2D eigenvalue weighted by molar-refractivity contribution is 0.619. The first kappa shape index (κ1) is 19.6. The van der Waals surface area contributed by atoms with Gasteiger partial charge in [0.05, 0.1) is 17.2 Å². The van der Waals surface area contributed by atoms with Crippen LogP contribution in [-0.2, 0) is 0 Å². The van der Waals surface area contributed by atoms with Crippen molar-refractivity contribution in [3.8, 4) is 5.69 Å². The van der Waals surface area contributed by atoms with Gasteiger partial charge in [-0.1, -0.05) is 0 Å². The summed E-state index contributed by atoms with van der Waals surface area (Å²) in [4.78, 5) is 18.0. The minimum absolute atomic E-state index is 0.0914. The van der Waals surface area contributed by atoms with Crippen molar-refractivity contribution in [1.29, 1.82) is 0 Å². The highest BCUT2D eigenvalue weighted by Gasteiger charge is 2.10. The molecule has 3 N–H and O–H groups in total. The van der Waals surface area contributed by atoms with Gasteiger partial charge in [0, 0.05) is 43.6 Å². The van der Waals surface area contributed by atoms with Crippen molar-refractivity contribution in [2.24, 2.45) is 0 Å². The van der Waals surface area contributed by atoms with Gasteiger partial charge in [-0.15, -0.1) is 0 Å². The van der Waals surface area contributed by atoms with E-state index in [0.29, 0.717) is 0 Å². The first-order valence-corrected chi connectivity index (χ1v) is 10.0. The van der Waals surface area contributed by atoms with Gasteiger partial charge in [-0.3, -0.25) is 0 Å². The molecule has 0 aliphatic heterocycles. The van der Waals surface area contributed by atoms with Crippen LogP contribution < -0.4 is 15.5 Å². The number of aromatic nitrogens is 5. The maximum atomic E-state index is 14.3. The third-order valence-electron chi connectivity index (χ3n) is 4.93. The average Bonchev–Trinajstić information content (AvgIpc) is 3.46. The van der Waals surface area contributed by atoms with Crippen LogP contribution in [0, 0.1) is 5.82 Å². The van der Waals surface area contributed by atoms with Gasteiger partial charge in [0.2, 0.25) is 11.9 Å². The molecular formula is C23H21FN8. The zero-order valence-corrected chi connectivity index (χ0v) is 17.5. The molecule has 3 aromatic heterocycles. The Morgan fingerprint density at radius 1 is 0.938 bits per heavy atom. The Labute approximate surface area is 183 Å². The number of H-pyrrole nitrogens is 1. The zero-order valence-electron chi connectivity index (χ0n) is 17.5. The molecule has 0 aliphatic rings. The summed E-state index contributed by atoms with van der Waals surface area (Å²) in [5, 5.41) is 6.14. The second-order valence-corrected chi connectivity index (χ2v) is 7.46. The predicted molar refractivity (Wildman–Crippen MR) is 125 cm³/mol. The van der Waals surface area contributed by atoms with Crippen LogP contribution in [0.2, 0.25) is 0 Å². The monoisotopic (exact) mass is 428 g/mol. The van der Waals surface area contributed by atoms with Crippen LogP contribution in [0.1, 0.15) is 0 Å². The topological polar surface area (TPSA) is 86.7 Å². The van der Waals surface area contributed by atoms with Crippen LogP contribution in [-0.4, -0.2) is 38.6 Å². The van der Waals surface area contributed by atoms with E-state index in [9.17, 15) is 4.39 Å². The lowest BCUT2D eigenvalue weighted by Crippen LogP contribution is -2.09. The normalized spacial score (nSPS) is 11.0. The summed E-state index contributed by atoms with van der Waals surface area (Å²) in [5.41, 5.74) is 4.23. The van der Waals surface area contributed by atoms with Crippen molar-refractivity contribution in [2.75, 3.05) is 29.6 Å². The number of hydrogen-bond acceptors (Lipinski definition) is 6. The fourth-order valence-corrected chi connectivity index (χ4v) is 3.29. The van der Waals surface area contributed by atoms with E-state index in [0.717, 1.165) is 40.2 Å². The summed E-state index contributed by atoms with van der Waals surface area (Å²) >= 11 is 0. The van der Waals surface area contributed by atoms with E-state index in [4.69, 9.17) is 0 Å². The summed E-state index contributed by atoms with van der Waals surface area (Å²) in [6.07, 6.45) is 5.07. The molecule has 0 saturated heterocycles. The lowest BCUT2D eigenvalue weighted by atomic mass is 10.2. The molecule has 8 nitrogen and oxygen atoms in total. The Morgan fingerprint density at radius 3 is 2.44 bits per heavy atom. The van der Waals surface area contributed by atoms with Crippen molar-refractivity contribution in [2.45, 2.75) is 0 Å². The van der Waals surface area contributed by atoms with Crippen molar-refractivity contribution in [3.63, 3.8) is 0 Å². The third kappa shape index (κ3) is 3.95. The van der Waals surface area contributed by atoms with Crippen LogP contribution in [0.3, 0.4) is 0 Å². The van der Waals surface area contributed by atoms with Crippen LogP contribution in [0.25, 0.3) is 16.7 Å². The van der Waals surface area contributed by atoms with E-state index >= 15 is 0 Å². The van der Waals surface area contributed by atoms with E-state index in [-0.39, 0.29) is 11.8 Å². The van der Waals surface area contributed by atoms with Crippen molar-refractivity contribution in [3.05, 3.63) is 79.0 Å². The number of nitrogens with one attached hydrogen (secondary N) is 3. The van der Waals surface area contributed by atoms with Gasteiger partial charge >= 0.3 is 0 Å². The van der Waals surface area contributed by atoms with Crippen LogP contribution in [0.5, 0.6) is 0 Å². The highest BCUT2D eigenvalue weighted by molar-refractivity contribution is 5.82. The van der Waals surface area contributed by atoms with Gasteiger partial charge in [0.1, 0.15) is 0 Å². The highest BCUT2D eigenvalue weighted by atomic mass is 19.1. The molecule has 0 fully saturated rings. The number of nitrogens with zero attached hydrogens (tertiary/aromatic N) is 5. The molecule has 0 saturated carbocycles. The molecule has 5 aromatic rings. The van der Waals surface area contributed by atoms with Gasteiger partial charge in [-0.25, -0.2) is 14.4 Å². The first-order chi connectivity index (χ1) is 15.5. The Balaban J connectivity index is 1.35. The van der Waals surface area contributed by atoms with Gasteiger partial charge in [-0.05, 0) is 54.6 Å². The Kier molecular flexibility index (Phi) is 4.91. The number of benzene rings is 2. The zero-order chi connectivity index (χ0) is 22.1. The third-order valence-corrected chi connectivity index (χ3v) is 4.93. The van der Waals surface area contributed by atoms with E-state index in [1.165, 1.54) is 0 Å². The summed E-state index contributed by atoms with van der Waals surface area (Å²) in [7, 11) is 3.84. The second-order valence-electron chi connectivity index (χ2n) is 7.46. The first-order valence-electron chi connectivity index (χ1n) is 10.0. The van der Waals surface area contributed by atoms with Crippen LogP contribution in [0.4, 0.5) is 33.5 Å². The molecule has 0 aliphatic carbocycles. The summed E-state index contributed by atoms with van der Waals surface area (Å²) in [6, 6.07) is 17.2. The second kappa shape index (κ2) is 8.03. The number of rotatable bonds is 6. The molecule has 0 amide bonds. The largest absolute Gasteiger partial charge is 0.349 e. The molecule has 0 bridgehead atoms. The Morgan fingerprint density at radius 2 is 1.69 bits per heavy atom. The number of fused-ring (bicyclic) bond motifs is 1. The molecule has 0 atom stereocenters. The molecule has 3 heterocycles. The molecule has 5 rings (SSSR count). The predicted octanol–water partition coefficient (Wildman–Crippen LogP) is 4.84. The van der Waals surface area contributed by atoms with E-state index in [1.54, 1.807) is 0 Å². The summed E-state index contributed by atoms with van der Waals surface area (Å²) in [5.74, 6) is 0.604. The van der Waals surface area contributed by atoms with Crippen molar-refractivity contribution in [1.82, 2.24) is 24.5 Å². The number of hydrogen-bond donors (Lipinski definition) is 3. The maximum absolute atomic E-state index is 14.3. The molecule has 0 radical (unpaired) electrons. The van der Waals surface area contributed by atoms with Gasteiger partial charge < -0.3 is 25.1 Å². The number of aromatic amines is 1. The molecular weight excluding hydrogens is 407 g/mol. The van der Waals surface area contributed by atoms with Crippen molar-refractivity contribution >= 4 is 40.1 Å². The van der Waals surface area contributed by atoms with E-state index in [2.05, 4.69) is 30.6 Å². The molecule has 160 valence electrons. The highest BCUT2D eigenvalue weighted by Crippen LogP contribution is 2.24. The number of imidazole rings is 1. The van der Waals surface area contributed by atoms with E-state index < -0.39 is 5.82 Å². The molecule has 2 aromatic carbocycles. The van der Waals surface area contributed by atoms with Crippen LogP contribution in [0.15, 0.2) is 73.2 Å². The van der Waals surface area contributed by atoms with Gasteiger partial charge in [0.25, 0.3) is 0 Å². The fourth-order valence-electron chi connectivity index (χ4n) is 3.29. The number of anilines is 5. The number of halogens is 1. The lowest BCUT2D eigenvalue weighted by Gasteiger charge is -2.10. The summed E-state index contributed by atoms with van der Waals surface area (Å²) in [6.45, 7) is 0. The standard InChI is InChI=1S/C23H21FN8/c1-31(2)23-28-19-10-7-16(13-20(19)29-23)27-22-25-14-18(24)21(30-22)26-15-5-8-17(9-6-15)32-11-3-4-12-32/h3-14H,1-2H3,(H,28,29)(H2,25,26,27,30). The van der Waals surface area contributed by atoms with E-state index in [1.807, 2.05) is 90.6 Å². The fraction of sp³-hybridized carbons (Fsp3) is 0.0870. The Hall–Kier alpha value is -4.40. The van der Waals surface area contributed by atoms with Gasteiger partial charge in [-0.2, -0.15) is 4.98 Å². The minimum Gasteiger partial charge on any atom is -0.349 e. The SMILES string of the molecule is CN(C)c1nc2ccc(Nc3ncc(F)c(Nc4ccc(-n5cccc5)cc4)n3)cc2[nH]1. The van der Waals surface area contributed by atoms with Crippen molar-refractivity contribution < 1.29 is 4.39 Å².